The summed E-state index contributed by atoms with van der Waals surface area (Å²) in [6.07, 6.45) is 1.67. The number of amides is 1. The van der Waals surface area contributed by atoms with Gasteiger partial charge in [-0.05, 0) is 27.9 Å². The van der Waals surface area contributed by atoms with Gasteiger partial charge in [0.15, 0.2) is 5.69 Å². The lowest BCUT2D eigenvalue weighted by molar-refractivity contribution is 0.102. The van der Waals surface area contributed by atoms with Gasteiger partial charge in [0.1, 0.15) is 5.82 Å². The fourth-order valence-electron chi connectivity index (χ4n) is 2.60. The second kappa shape index (κ2) is 6.21. The molecule has 4 rings (SSSR count). The van der Waals surface area contributed by atoms with E-state index in [1.807, 2.05) is 18.2 Å². The summed E-state index contributed by atoms with van der Waals surface area (Å²) < 4.78 is 5.47. The highest BCUT2D eigenvalue weighted by molar-refractivity contribution is 7.03. The molecule has 1 amide bonds. The van der Waals surface area contributed by atoms with E-state index in [9.17, 15) is 4.79 Å². The zero-order valence-electron chi connectivity index (χ0n) is 12.6. The number of carbonyl (C=O) groups excluding carboxylic acids is 1. The molecular weight excluding hydrogens is 322 g/mol. The van der Waals surface area contributed by atoms with Gasteiger partial charge in [-0.2, -0.15) is 5.10 Å². The van der Waals surface area contributed by atoms with E-state index >= 15 is 0 Å². The minimum absolute atomic E-state index is 0.289. The van der Waals surface area contributed by atoms with Crippen LogP contribution >= 0.6 is 11.5 Å². The van der Waals surface area contributed by atoms with Crippen molar-refractivity contribution in [3.8, 4) is 0 Å². The number of hydrogen-bond acceptors (Lipinski definition) is 5. The van der Waals surface area contributed by atoms with Crippen molar-refractivity contribution >= 4 is 34.0 Å². The van der Waals surface area contributed by atoms with Crippen LogP contribution in [0.25, 0.3) is 10.8 Å². The highest BCUT2D eigenvalue weighted by Crippen LogP contribution is 2.20. The van der Waals surface area contributed by atoms with Gasteiger partial charge in [-0.15, -0.1) is 5.10 Å². The molecule has 0 saturated carbocycles. The number of fused-ring (bicyclic) bond motifs is 1. The van der Waals surface area contributed by atoms with E-state index in [1.54, 1.807) is 22.3 Å². The standard InChI is InChI=1S/C17H13N5OS/c23-17(15-11-24-21-20-15)19-16-8-9-18-22(16)10-13-6-3-5-12-4-1-2-7-14(12)13/h1-9,11H,10H2,(H,19,23). The zero-order valence-corrected chi connectivity index (χ0v) is 13.4. The number of carbonyl (C=O) groups is 1. The number of anilines is 1. The summed E-state index contributed by atoms with van der Waals surface area (Å²) in [5.41, 5.74) is 1.44. The topological polar surface area (TPSA) is 72.7 Å². The Morgan fingerprint density at radius 3 is 2.88 bits per heavy atom. The summed E-state index contributed by atoms with van der Waals surface area (Å²) in [7, 11) is 0. The van der Waals surface area contributed by atoms with E-state index in [4.69, 9.17) is 0 Å². The van der Waals surface area contributed by atoms with Crippen molar-refractivity contribution in [2.24, 2.45) is 0 Å². The number of aromatic nitrogens is 4. The third kappa shape index (κ3) is 2.77. The summed E-state index contributed by atoms with van der Waals surface area (Å²) in [4.78, 5) is 12.1. The van der Waals surface area contributed by atoms with E-state index in [1.165, 1.54) is 10.8 Å². The summed E-state index contributed by atoms with van der Waals surface area (Å²) >= 11 is 1.14. The Kier molecular flexibility index (Phi) is 3.76. The zero-order chi connectivity index (χ0) is 16.4. The predicted octanol–water partition coefficient (Wildman–Crippen LogP) is 3.19. The molecule has 118 valence electrons. The van der Waals surface area contributed by atoms with Crippen LogP contribution in [0.1, 0.15) is 16.1 Å². The van der Waals surface area contributed by atoms with Gasteiger partial charge in [0.25, 0.3) is 5.91 Å². The van der Waals surface area contributed by atoms with Crippen LogP contribution in [-0.4, -0.2) is 25.3 Å². The molecule has 0 bridgehead atoms. The predicted molar refractivity (Wildman–Crippen MR) is 93.1 cm³/mol. The molecule has 4 aromatic rings. The summed E-state index contributed by atoms with van der Waals surface area (Å²) in [6.45, 7) is 0.569. The first-order valence-electron chi connectivity index (χ1n) is 7.38. The minimum Gasteiger partial charge on any atom is -0.305 e. The lowest BCUT2D eigenvalue weighted by Gasteiger charge is -2.10. The Morgan fingerprint density at radius 1 is 1.12 bits per heavy atom. The van der Waals surface area contributed by atoms with Gasteiger partial charge in [0.2, 0.25) is 0 Å². The van der Waals surface area contributed by atoms with Crippen LogP contribution in [0.5, 0.6) is 0 Å². The first-order chi connectivity index (χ1) is 11.8. The second-order valence-corrected chi connectivity index (χ2v) is 5.87. The van der Waals surface area contributed by atoms with Gasteiger partial charge in [0, 0.05) is 11.4 Å². The van der Waals surface area contributed by atoms with Gasteiger partial charge >= 0.3 is 0 Å². The smallest absolute Gasteiger partial charge is 0.278 e. The number of nitrogens with one attached hydrogen (secondary N) is 1. The van der Waals surface area contributed by atoms with Gasteiger partial charge in [-0.1, -0.05) is 47.0 Å². The Morgan fingerprint density at radius 2 is 2.00 bits per heavy atom. The van der Waals surface area contributed by atoms with Gasteiger partial charge in [-0.25, -0.2) is 4.68 Å². The van der Waals surface area contributed by atoms with Crippen molar-refractivity contribution in [2.45, 2.75) is 6.54 Å². The highest BCUT2D eigenvalue weighted by Gasteiger charge is 2.12. The third-order valence-electron chi connectivity index (χ3n) is 3.75. The van der Waals surface area contributed by atoms with Crippen LogP contribution in [0, 0.1) is 0 Å². The maximum atomic E-state index is 12.1. The number of benzene rings is 2. The van der Waals surface area contributed by atoms with Crippen molar-refractivity contribution in [1.29, 1.82) is 0 Å². The van der Waals surface area contributed by atoms with Crippen molar-refractivity contribution in [3.05, 3.63) is 71.4 Å². The molecule has 1 N–H and O–H groups in total. The van der Waals surface area contributed by atoms with E-state index in [-0.39, 0.29) is 5.91 Å². The number of rotatable bonds is 4. The Labute approximate surface area is 141 Å². The molecule has 0 unspecified atom stereocenters. The Bertz CT molecular complexity index is 988. The van der Waals surface area contributed by atoms with Crippen LogP contribution in [0.15, 0.2) is 60.1 Å². The SMILES string of the molecule is O=C(Nc1ccnn1Cc1cccc2ccccc12)c1csnn1. The third-order valence-corrected chi connectivity index (χ3v) is 4.26. The first-order valence-corrected chi connectivity index (χ1v) is 8.22. The molecule has 2 aromatic carbocycles. The molecule has 0 fully saturated rings. The maximum Gasteiger partial charge on any atom is 0.278 e. The molecule has 6 nitrogen and oxygen atoms in total. The molecule has 0 spiro atoms. The van der Waals surface area contributed by atoms with Gasteiger partial charge in [-0.3, -0.25) is 4.79 Å². The first kappa shape index (κ1) is 14.5. The van der Waals surface area contributed by atoms with E-state index in [2.05, 4.69) is 44.3 Å². The molecule has 2 aromatic heterocycles. The molecule has 0 atom stereocenters. The summed E-state index contributed by atoms with van der Waals surface area (Å²) in [5, 5.41) is 14.9. The lowest BCUT2D eigenvalue weighted by atomic mass is 10.0. The Hall–Kier alpha value is -3.06. The van der Waals surface area contributed by atoms with Crippen LogP contribution in [0.4, 0.5) is 5.82 Å². The lowest BCUT2D eigenvalue weighted by Crippen LogP contribution is -2.16. The second-order valence-electron chi connectivity index (χ2n) is 5.26. The van der Waals surface area contributed by atoms with Gasteiger partial charge < -0.3 is 5.32 Å². The normalized spacial score (nSPS) is 10.8. The molecule has 0 radical (unpaired) electrons. The van der Waals surface area contributed by atoms with Crippen molar-refractivity contribution in [1.82, 2.24) is 19.4 Å². The molecule has 0 saturated heterocycles. The van der Waals surface area contributed by atoms with E-state index < -0.39 is 0 Å². The summed E-state index contributed by atoms with van der Waals surface area (Å²) in [6, 6.07) is 16.2. The maximum absolute atomic E-state index is 12.1. The molecule has 0 aliphatic carbocycles. The van der Waals surface area contributed by atoms with Crippen LogP contribution in [0.2, 0.25) is 0 Å². The van der Waals surface area contributed by atoms with Crippen molar-refractivity contribution < 1.29 is 4.79 Å². The fraction of sp³-hybridized carbons (Fsp3) is 0.0588. The summed E-state index contributed by atoms with van der Waals surface area (Å²) in [5.74, 6) is 0.337. The molecule has 2 heterocycles. The minimum atomic E-state index is -0.289. The number of hydrogen-bond donors (Lipinski definition) is 1. The average Bonchev–Trinajstić information content (AvgIpc) is 3.28. The molecule has 0 aliphatic rings. The van der Waals surface area contributed by atoms with Crippen LogP contribution in [0.3, 0.4) is 0 Å². The van der Waals surface area contributed by atoms with Crippen LogP contribution in [-0.2, 0) is 6.54 Å². The molecule has 7 heteroatoms. The van der Waals surface area contributed by atoms with Gasteiger partial charge in [0.05, 0.1) is 12.7 Å². The monoisotopic (exact) mass is 335 g/mol. The molecular formula is C17H13N5OS. The molecule has 24 heavy (non-hydrogen) atoms. The van der Waals surface area contributed by atoms with Crippen LogP contribution < -0.4 is 5.32 Å². The highest BCUT2D eigenvalue weighted by atomic mass is 32.1. The number of nitrogens with zero attached hydrogens (tertiary/aromatic N) is 4. The van der Waals surface area contributed by atoms with Crippen molar-refractivity contribution in [3.63, 3.8) is 0 Å². The molecule has 0 aliphatic heterocycles. The van der Waals surface area contributed by atoms with Crippen molar-refractivity contribution in [2.75, 3.05) is 5.32 Å². The van der Waals surface area contributed by atoms with E-state index in [0.29, 0.717) is 18.1 Å². The average molecular weight is 335 g/mol. The largest absolute Gasteiger partial charge is 0.305 e. The fourth-order valence-corrected chi connectivity index (χ4v) is 3.04. The van der Waals surface area contributed by atoms with E-state index in [0.717, 1.165) is 17.1 Å². The Balaban J connectivity index is 1.62. The quantitative estimate of drug-likeness (QED) is 0.622.